The van der Waals surface area contributed by atoms with Gasteiger partial charge in [-0.15, -0.1) is 0 Å². The van der Waals surface area contributed by atoms with E-state index in [0.29, 0.717) is 11.4 Å². The molecule has 1 aromatic rings. The second kappa shape index (κ2) is 5.53. The van der Waals surface area contributed by atoms with Gasteiger partial charge in [-0.2, -0.15) is 0 Å². The minimum Gasteiger partial charge on any atom is -0.480 e. The number of aliphatic carboxylic acids is 1. The van der Waals surface area contributed by atoms with Crippen molar-refractivity contribution < 1.29 is 15.0 Å². The number of hydrogen-bond acceptors (Lipinski definition) is 3. The Hall–Kier alpha value is -1.77. The van der Waals surface area contributed by atoms with E-state index in [1.165, 1.54) is 25.1 Å². The fourth-order valence-corrected chi connectivity index (χ4v) is 1.48. The number of carbonyl (C=O) groups is 1. The molecular weight excluding hydrogens is 244 g/mol. The molecule has 3 N–H and O–H groups in total. The number of nitrogens with one attached hydrogen (secondary N) is 1. The zero-order chi connectivity index (χ0) is 13.0. The van der Waals surface area contributed by atoms with E-state index in [1.807, 2.05) is 0 Å². The van der Waals surface area contributed by atoms with Crippen molar-refractivity contribution in [1.82, 2.24) is 0 Å². The van der Waals surface area contributed by atoms with Gasteiger partial charge < -0.3 is 15.5 Å². The van der Waals surface area contributed by atoms with Crippen molar-refractivity contribution in [2.75, 3.05) is 5.32 Å². The summed E-state index contributed by atoms with van der Waals surface area (Å²) < 4.78 is 0. The summed E-state index contributed by atoms with van der Waals surface area (Å²) >= 11 is 5.81. The molecule has 0 saturated carbocycles. The van der Waals surface area contributed by atoms with Crippen LogP contribution in [0.1, 0.15) is 6.92 Å². The van der Waals surface area contributed by atoms with Gasteiger partial charge in [-0.1, -0.05) is 17.7 Å². The van der Waals surface area contributed by atoms with E-state index in [0.717, 1.165) is 0 Å². The Morgan fingerprint density at radius 3 is 2.65 bits per heavy atom. The van der Waals surface area contributed by atoms with E-state index in [4.69, 9.17) is 23.3 Å². The predicted molar refractivity (Wildman–Crippen MR) is 64.4 cm³/mol. The Morgan fingerprint density at radius 2 is 2.24 bits per heavy atom. The summed E-state index contributed by atoms with van der Waals surface area (Å²) in [6, 6.07) is 3.36. The van der Waals surface area contributed by atoms with Crippen LogP contribution in [0.2, 0.25) is 5.02 Å². The van der Waals surface area contributed by atoms with Crippen LogP contribution in [-0.2, 0) is 4.79 Å². The van der Waals surface area contributed by atoms with Crippen molar-refractivity contribution in [3.63, 3.8) is 0 Å². The molecule has 0 aromatic heterocycles. The molecule has 0 heterocycles. The summed E-state index contributed by atoms with van der Waals surface area (Å²) in [5.74, 6) is -1.16. The minimum absolute atomic E-state index is 0.236. The molecular formula is C11H11ClN2O3. The average molecular weight is 255 g/mol. The lowest BCUT2D eigenvalue weighted by Gasteiger charge is -2.18. The maximum atomic E-state index is 10.8. The standard InChI is InChI=1S/C11H11ClN2O3/c1-6(15)10(11(16)17)14-7-3-4-9(13-2)8(12)5-7/h3-6,10,14-15H,1H3,(H,16,17)/t6-,10-/m1/s1. The van der Waals surface area contributed by atoms with Gasteiger partial charge in [0.15, 0.2) is 6.04 Å². The fourth-order valence-electron chi connectivity index (χ4n) is 1.26. The van der Waals surface area contributed by atoms with Crippen LogP contribution < -0.4 is 5.32 Å². The highest BCUT2D eigenvalue weighted by molar-refractivity contribution is 6.33. The predicted octanol–water partition coefficient (Wildman–Crippen LogP) is 2.14. The molecule has 0 spiro atoms. The summed E-state index contributed by atoms with van der Waals surface area (Å²) in [5, 5.41) is 21.0. The Labute approximate surface area is 103 Å². The molecule has 0 unspecified atom stereocenters. The molecule has 1 aromatic carbocycles. The first-order chi connectivity index (χ1) is 7.95. The highest BCUT2D eigenvalue weighted by atomic mass is 35.5. The van der Waals surface area contributed by atoms with E-state index in [-0.39, 0.29) is 5.02 Å². The largest absolute Gasteiger partial charge is 0.480 e. The molecule has 0 radical (unpaired) electrons. The normalized spacial score (nSPS) is 13.5. The van der Waals surface area contributed by atoms with Crippen LogP contribution in [0.5, 0.6) is 0 Å². The molecule has 2 atom stereocenters. The summed E-state index contributed by atoms with van der Waals surface area (Å²) in [6.07, 6.45) is -1.05. The summed E-state index contributed by atoms with van der Waals surface area (Å²) in [6.45, 7) is 8.19. The van der Waals surface area contributed by atoms with Gasteiger partial charge in [0, 0.05) is 10.7 Å². The zero-order valence-corrected chi connectivity index (χ0v) is 9.77. The van der Waals surface area contributed by atoms with Gasteiger partial charge in [-0.25, -0.2) is 9.64 Å². The molecule has 5 nitrogen and oxygen atoms in total. The Morgan fingerprint density at radius 1 is 1.59 bits per heavy atom. The van der Waals surface area contributed by atoms with Gasteiger partial charge in [0.05, 0.1) is 12.7 Å². The molecule has 0 saturated heterocycles. The topological polar surface area (TPSA) is 73.9 Å². The highest BCUT2D eigenvalue weighted by Crippen LogP contribution is 2.28. The van der Waals surface area contributed by atoms with Crippen LogP contribution in [0.15, 0.2) is 18.2 Å². The summed E-state index contributed by atoms with van der Waals surface area (Å²) in [5.41, 5.74) is 0.733. The van der Waals surface area contributed by atoms with Crippen LogP contribution in [0.4, 0.5) is 11.4 Å². The fraction of sp³-hybridized carbons (Fsp3) is 0.273. The monoisotopic (exact) mass is 254 g/mol. The lowest BCUT2D eigenvalue weighted by Crippen LogP contribution is -2.38. The Bertz CT molecular complexity index is 468. The van der Waals surface area contributed by atoms with Crippen molar-refractivity contribution >= 4 is 28.9 Å². The van der Waals surface area contributed by atoms with Crippen LogP contribution >= 0.6 is 11.6 Å². The van der Waals surface area contributed by atoms with Crippen LogP contribution in [0, 0.1) is 6.57 Å². The lowest BCUT2D eigenvalue weighted by molar-refractivity contribution is -0.140. The third kappa shape index (κ3) is 3.34. The highest BCUT2D eigenvalue weighted by Gasteiger charge is 2.22. The SMILES string of the molecule is [C-]#[N+]c1ccc(N[C@@H](C(=O)O)[C@@H](C)O)cc1Cl. The first-order valence-electron chi connectivity index (χ1n) is 4.80. The number of carboxylic acids is 1. The lowest BCUT2D eigenvalue weighted by atomic mass is 10.1. The second-order valence-corrected chi connectivity index (χ2v) is 3.89. The molecule has 0 fully saturated rings. The van der Waals surface area contributed by atoms with E-state index >= 15 is 0 Å². The van der Waals surface area contributed by atoms with Gasteiger partial charge in [0.1, 0.15) is 0 Å². The Balaban J connectivity index is 2.92. The van der Waals surface area contributed by atoms with E-state index in [1.54, 1.807) is 0 Å². The van der Waals surface area contributed by atoms with Gasteiger partial charge in [-0.3, -0.25) is 0 Å². The van der Waals surface area contributed by atoms with E-state index in [2.05, 4.69) is 10.2 Å². The van der Waals surface area contributed by atoms with Crippen molar-refractivity contribution in [3.8, 4) is 0 Å². The number of carboxylic acid groups (broad SMARTS) is 1. The summed E-state index contributed by atoms with van der Waals surface area (Å²) in [4.78, 5) is 14.0. The molecule has 0 bridgehead atoms. The molecule has 0 amide bonds. The first kappa shape index (κ1) is 13.3. The molecule has 6 heteroatoms. The quantitative estimate of drug-likeness (QED) is 0.720. The zero-order valence-electron chi connectivity index (χ0n) is 9.01. The second-order valence-electron chi connectivity index (χ2n) is 3.48. The number of halogens is 1. The number of aliphatic hydroxyl groups is 1. The van der Waals surface area contributed by atoms with E-state index < -0.39 is 18.1 Å². The van der Waals surface area contributed by atoms with Gasteiger partial charge >= 0.3 is 5.97 Å². The maximum absolute atomic E-state index is 10.8. The minimum atomic E-state index is -1.16. The summed E-state index contributed by atoms with van der Waals surface area (Å²) in [7, 11) is 0. The third-order valence-electron chi connectivity index (χ3n) is 2.14. The van der Waals surface area contributed by atoms with Gasteiger partial charge in [0.2, 0.25) is 5.69 Å². The molecule has 1 rings (SSSR count). The maximum Gasteiger partial charge on any atom is 0.328 e. The molecule has 0 aliphatic heterocycles. The van der Waals surface area contributed by atoms with Crippen molar-refractivity contribution in [1.29, 1.82) is 0 Å². The van der Waals surface area contributed by atoms with Crippen LogP contribution in [-0.4, -0.2) is 28.3 Å². The number of benzene rings is 1. The van der Waals surface area contributed by atoms with Crippen LogP contribution in [0.25, 0.3) is 4.85 Å². The number of anilines is 1. The number of rotatable bonds is 4. The van der Waals surface area contributed by atoms with Gasteiger partial charge in [0.25, 0.3) is 0 Å². The number of hydrogen-bond donors (Lipinski definition) is 3. The van der Waals surface area contributed by atoms with Crippen molar-refractivity contribution in [2.45, 2.75) is 19.1 Å². The number of nitrogens with zero attached hydrogens (tertiary/aromatic N) is 1. The van der Waals surface area contributed by atoms with Crippen LogP contribution in [0.3, 0.4) is 0 Å². The molecule has 17 heavy (non-hydrogen) atoms. The molecule has 90 valence electrons. The number of aliphatic hydroxyl groups excluding tert-OH is 1. The smallest absolute Gasteiger partial charge is 0.328 e. The Kier molecular flexibility index (Phi) is 4.32. The molecule has 0 aliphatic rings. The van der Waals surface area contributed by atoms with Crippen molar-refractivity contribution in [2.24, 2.45) is 0 Å². The van der Waals surface area contributed by atoms with Gasteiger partial charge in [-0.05, 0) is 19.1 Å². The molecule has 0 aliphatic carbocycles. The third-order valence-corrected chi connectivity index (χ3v) is 2.44. The van der Waals surface area contributed by atoms with Crippen molar-refractivity contribution in [3.05, 3.63) is 34.6 Å². The average Bonchev–Trinajstić information content (AvgIpc) is 2.25. The first-order valence-corrected chi connectivity index (χ1v) is 5.18. The van der Waals surface area contributed by atoms with E-state index in [9.17, 15) is 9.90 Å².